The van der Waals surface area contributed by atoms with Crippen LogP contribution in [0.4, 0.5) is 0 Å². The third-order valence-corrected chi connectivity index (χ3v) is 3.85. The Balaban J connectivity index is 1.96. The molecule has 0 unspecified atom stereocenters. The highest BCUT2D eigenvalue weighted by molar-refractivity contribution is 7.11. The topological polar surface area (TPSA) is 105 Å². The van der Waals surface area contributed by atoms with Crippen molar-refractivity contribution in [2.75, 3.05) is 0 Å². The minimum absolute atomic E-state index is 0.0998. The van der Waals surface area contributed by atoms with E-state index in [1.165, 1.54) is 29.7 Å². The van der Waals surface area contributed by atoms with Gasteiger partial charge >= 0.3 is 5.97 Å². The van der Waals surface area contributed by atoms with Gasteiger partial charge in [0.05, 0.1) is 12.1 Å². The molecule has 0 spiro atoms. The number of nitrogens with one attached hydrogen (secondary N) is 1. The Bertz CT molecular complexity index is 652. The predicted molar refractivity (Wildman–Crippen MR) is 76.4 cm³/mol. The van der Waals surface area contributed by atoms with Gasteiger partial charge in [-0.1, -0.05) is 25.2 Å². The van der Waals surface area contributed by atoms with E-state index in [1.807, 2.05) is 13.8 Å². The summed E-state index contributed by atoms with van der Waals surface area (Å²) in [7, 11) is 0. The quantitative estimate of drug-likeness (QED) is 0.870. The Hall–Kier alpha value is -2.35. The van der Waals surface area contributed by atoms with Gasteiger partial charge in [0.1, 0.15) is 15.7 Å². The Morgan fingerprint density at radius 3 is 2.62 bits per heavy atom. The first-order valence-electron chi connectivity index (χ1n) is 6.27. The van der Waals surface area contributed by atoms with E-state index in [4.69, 9.17) is 5.11 Å². The molecule has 0 radical (unpaired) electrons. The molecule has 2 N–H and O–H groups in total. The summed E-state index contributed by atoms with van der Waals surface area (Å²) in [5, 5.41) is 21.1. The van der Waals surface area contributed by atoms with Crippen molar-refractivity contribution in [3.8, 4) is 0 Å². The molecule has 0 fully saturated rings. The van der Waals surface area contributed by atoms with Crippen LogP contribution < -0.4 is 5.32 Å². The number of pyridine rings is 1. The summed E-state index contributed by atoms with van der Waals surface area (Å²) >= 11 is 1.45. The van der Waals surface area contributed by atoms with E-state index in [0.717, 1.165) is 10.0 Å². The molecule has 1 amide bonds. The molecule has 0 saturated heterocycles. The zero-order valence-corrected chi connectivity index (χ0v) is 12.3. The Morgan fingerprint density at radius 2 is 2.10 bits per heavy atom. The lowest BCUT2D eigenvalue weighted by Gasteiger charge is -2.02. The standard InChI is InChI=1S/C13H14N4O3S/c1-7(2)12-17-16-10(21-12)6-15-11(18)8-3-4-9(13(19)20)14-5-8/h3-5,7H,6H2,1-2H3,(H,15,18)(H,19,20). The SMILES string of the molecule is CC(C)c1nnc(CNC(=O)c2ccc(C(=O)O)nc2)s1. The van der Waals surface area contributed by atoms with Gasteiger partial charge in [0.15, 0.2) is 0 Å². The minimum Gasteiger partial charge on any atom is -0.477 e. The van der Waals surface area contributed by atoms with Gasteiger partial charge in [-0.25, -0.2) is 9.78 Å². The van der Waals surface area contributed by atoms with Crippen LogP contribution in [0, 0.1) is 0 Å². The zero-order valence-electron chi connectivity index (χ0n) is 11.5. The number of rotatable bonds is 5. The minimum atomic E-state index is -1.13. The van der Waals surface area contributed by atoms with Crippen LogP contribution in [0.15, 0.2) is 18.3 Å². The molecule has 0 aromatic carbocycles. The summed E-state index contributed by atoms with van der Waals surface area (Å²) in [4.78, 5) is 26.3. The molecule has 0 saturated carbocycles. The van der Waals surface area contributed by atoms with Gasteiger partial charge < -0.3 is 10.4 Å². The van der Waals surface area contributed by atoms with Crippen LogP contribution in [0.3, 0.4) is 0 Å². The molecular formula is C13H14N4O3S. The van der Waals surface area contributed by atoms with Gasteiger partial charge in [0.2, 0.25) is 0 Å². The van der Waals surface area contributed by atoms with E-state index in [1.54, 1.807) is 0 Å². The fraction of sp³-hybridized carbons (Fsp3) is 0.308. The number of carbonyl (C=O) groups is 2. The highest BCUT2D eigenvalue weighted by Crippen LogP contribution is 2.18. The zero-order chi connectivity index (χ0) is 15.4. The van der Waals surface area contributed by atoms with Crippen LogP contribution >= 0.6 is 11.3 Å². The number of aromatic nitrogens is 3. The van der Waals surface area contributed by atoms with Crippen molar-refractivity contribution in [1.29, 1.82) is 0 Å². The average molecular weight is 306 g/mol. The molecule has 2 heterocycles. The first-order valence-corrected chi connectivity index (χ1v) is 7.09. The second kappa shape index (κ2) is 6.40. The van der Waals surface area contributed by atoms with Gasteiger partial charge in [-0.05, 0) is 12.1 Å². The molecule has 0 aliphatic rings. The summed E-state index contributed by atoms with van der Waals surface area (Å²) in [6, 6.07) is 2.71. The Labute approximate surface area is 125 Å². The van der Waals surface area contributed by atoms with Crippen molar-refractivity contribution in [2.24, 2.45) is 0 Å². The summed E-state index contributed by atoms with van der Waals surface area (Å²) in [5.41, 5.74) is 0.200. The maximum Gasteiger partial charge on any atom is 0.354 e. The van der Waals surface area contributed by atoms with Gasteiger partial charge in [-0.2, -0.15) is 0 Å². The second-order valence-electron chi connectivity index (χ2n) is 4.61. The lowest BCUT2D eigenvalue weighted by molar-refractivity contribution is 0.0689. The number of aromatic carboxylic acids is 1. The summed E-state index contributed by atoms with van der Waals surface area (Å²) in [6.45, 7) is 4.33. The van der Waals surface area contributed by atoms with E-state index in [-0.39, 0.29) is 18.1 Å². The van der Waals surface area contributed by atoms with Crippen LogP contribution in [0.5, 0.6) is 0 Å². The number of hydrogen-bond acceptors (Lipinski definition) is 6. The lowest BCUT2D eigenvalue weighted by atomic mass is 10.2. The number of hydrogen-bond donors (Lipinski definition) is 2. The fourth-order valence-electron chi connectivity index (χ4n) is 1.48. The highest BCUT2D eigenvalue weighted by Gasteiger charge is 2.11. The number of carbonyl (C=O) groups excluding carboxylic acids is 1. The smallest absolute Gasteiger partial charge is 0.354 e. The van der Waals surface area contributed by atoms with E-state index in [9.17, 15) is 9.59 Å². The van der Waals surface area contributed by atoms with E-state index < -0.39 is 5.97 Å². The molecule has 7 nitrogen and oxygen atoms in total. The van der Waals surface area contributed by atoms with Crippen molar-refractivity contribution in [2.45, 2.75) is 26.3 Å². The number of carboxylic acids is 1. The van der Waals surface area contributed by atoms with E-state index in [2.05, 4.69) is 20.5 Å². The number of nitrogens with zero attached hydrogens (tertiary/aromatic N) is 3. The first kappa shape index (κ1) is 15.0. The predicted octanol–water partition coefficient (Wildman–Crippen LogP) is 1.68. The van der Waals surface area contributed by atoms with Crippen molar-refractivity contribution in [3.05, 3.63) is 39.6 Å². The summed E-state index contributed by atoms with van der Waals surface area (Å²) < 4.78 is 0. The van der Waals surface area contributed by atoms with Crippen LogP contribution in [0.25, 0.3) is 0 Å². The molecule has 0 atom stereocenters. The molecular weight excluding hydrogens is 292 g/mol. The van der Waals surface area contributed by atoms with Gasteiger partial charge in [-0.3, -0.25) is 4.79 Å². The fourth-order valence-corrected chi connectivity index (χ4v) is 2.27. The monoisotopic (exact) mass is 306 g/mol. The molecule has 2 aromatic heterocycles. The third-order valence-electron chi connectivity index (χ3n) is 2.62. The molecule has 0 aliphatic heterocycles. The lowest BCUT2D eigenvalue weighted by Crippen LogP contribution is -2.23. The second-order valence-corrected chi connectivity index (χ2v) is 5.70. The van der Waals surface area contributed by atoms with Crippen LogP contribution in [0.1, 0.15) is 50.6 Å². The molecule has 8 heteroatoms. The molecule has 110 valence electrons. The van der Waals surface area contributed by atoms with Crippen molar-refractivity contribution in [3.63, 3.8) is 0 Å². The summed E-state index contributed by atoms with van der Waals surface area (Å²) in [6.07, 6.45) is 1.23. The number of carboxylic acid groups (broad SMARTS) is 1. The van der Waals surface area contributed by atoms with E-state index in [0.29, 0.717) is 11.5 Å². The van der Waals surface area contributed by atoms with Crippen molar-refractivity contribution < 1.29 is 14.7 Å². The van der Waals surface area contributed by atoms with E-state index >= 15 is 0 Å². The average Bonchev–Trinajstić information content (AvgIpc) is 2.94. The van der Waals surface area contributed by atoms with Crippen molar-refractivity contribution >= 4 is 23.2 Å². The van der Waals surface area contributed by atoms with Gasteiger partial charge in [0.25, 0.3) is 5.91 Å². The largest absolute Gasteiger partial charge is 0.477 e. The summed E-state index contributed by atoms with van der Waals surface area (Å²) in [5.74, 6) is -1.16. The maximum atomic E-state index is 11.9. The Morgan fingerprint density at radius 1 is 1.33 bits per heavy atom. The highest BCUT2D eigenvalue weighted by atomic mass is 32.1. The van der Waals surface area contributed by atoms with Crippen molar-refractivity contribution in [1.82, 2.24) is 20.5 Å². The van der Waals surface area contributed by atoms with Gasteiger partial charge in [0, 0.05) is 12.1 Å². The van der Waals surface area contributed by atoms with Crippen LogP contribution in [0.2, 0.25) is 0 Å². The van der Waals surface area contributed by atoms with Crippen LogP contribution in [-0.4, -0.2) is 32.2 Å². The van der Waals surface area contributed by atoms with Crippen LogP contribution in [-0.2, 0) is 6.54 Å². The molecule has 0 bridgehead atoms. The Kier molecular flexibility index (Phi) is 4.59. The van der Waals surface area contributed by atoms with Gasteiger partial charge in [-0.15, -0.1) is 10.2 Å². The maximum absolute atomic E-state index is 11.9. The number of amides is 1. The normalized spacial score (nSPS) is 10.6. The molecule has 2 rings (SSSR count). The molecule has 21 heavy (non-hydrogen) atoms. The third kappa shape index (κ3) is 3.82. The molecule has 0 aliphatic carbocycles. The first-order chi connectivity index (χ1) is 9.97. The molecule has 2 aromatic rings.